The molecule has 1 aromatic rings. The number of nitrogens with one attached hydrogen (secondary N) is 1. The van der Waals surface area contributed by atoms with Gasteiger partial charge in [0, 0.05) is 19.8 Å². The number of hydrogen-bond acceptors (Lipinski definition) is 3. The lowest BCUT2D eigenvalue weighted by atomic mass is 9.81. The van der Waals surface area contributed by atoms with Gasteiger partial charge in [-0.3, -0.25) is 9.48 Å². The van der Waals surface area contributed by atoms with E-state index in [9.17, 15) is 4.79 Å². The molecule has 1 aliphatic carbocycles. The van der Waals surface area contributed by atoms with Gasteiger partial charge in [0.2, 0.25) is 0 Å². The van der Waals surface area contributed by atoms with Crippen molar-refractivity contribution in [1.29, 1.82) is 0 Å². The van der Waals surface area contributed by atoms with Crippen LogP contribution in [0.4, 0.5) is 5.69 Å². The van der Waals surface area contributed by atoms with Crippen LogP contribution in [0.25, 0.3) is 0 Å². The van der Waals surface area contributed by atoms with Gasteiger partial charge in [-0.15, -0.1) is 0 Å². The van der Waals surface area contributed by atoms with Crippen LogP contribution in [0.2, 0.25) is 0 Å². The van der Waals surface area contributed by atoms with E-state index in [2.05, 4.69) is 17.3 Å². The SMILES string of the molecule is CC1CCC(CCNC(=O)c2nn(C)cc2N)CC1. The van der Waals surface area contributed by atoms with Gasteiger partial charge >= 0.3 is 0 Å². The minimum absolute atomic E-state index is 0.165. The Morgan fingerprint density at radius 2 is 2.16 bits per heavy atom. The van der Waals surface area contributed by atoms with Crippen LogP contribution in [0.3, 0.4) is 0 Å². The van der Waals surface area contributed by atoms with Crippen LogP contribution in [-0.2, 0) is 7.05 Å². The minimum Gasteiger partial charge on any atom is -0.396 e. The molecule has 5 heteroatoms. The molecule has 1 fully saturated rings. The van der Waals surface area contributed by atoms with Gasteiger partial charge < -0.3 is 11.1 Å². The minimum atomic E-state index is -0.165. The Morgan fingerprint density at radius 1 is 1.47 bits per heavy atom. The fourth-order valence-electron chi connectivity index (χ4n) is 2.77. The highest BCUT2D eigenvalue weighted by Crippen LogP contribution is 2.29. The van der Waals surface area contributed by atoms with Crippen LogP contribution >= 0.6 is 0 Å². The van der Waals surface area contributed by atoms with Crippen LogP contribution < -0.4 is 11.1 Å². The molecule has 0 bridgehead atoms. The summed E-state index contributed by atoms with van der Waals surface area (Å²) >= 11 is 0. The third-order valence-corrected chi connectivity index (χ3v) is 4.05. The predicted molar refractivity (Wildman–Crippen MR) is 75.7 cm³/mol. The predicted octanol–water partition coefficient (Wildman–Crippen LogP) is 1.95. The second kappa shape index (κ2) is 6.08. The number of rotatable bonds is 4. The summed E-state index contributed by atoms with van der Waals surface area (Å²) in [5.41, 5.74) is 6.50. The molecule has 19 heavy (non-hydrogen) atoms. The zero-order valence-electron chi connectivity index (χ0n) is 11.9. The van der Waals surface area contributed by atoms with E-state index in [0.717, 1.165) is 18.3 Å². The molecule has 106 valence electrons. The second-order valence-electron chi connectivity index (χ2n) is 5.78. The molecule has 1 amide bonds. The lowest BCUT2D eigenvalue weighted by molar-refractivity contribution is 0.0945. The maximum Gasteiger partial charge on any atom is 0.273 e. The molecule has 5 nitrogen and oxygen atoms in total. The molecule has 2 rings (SSSR count). The topological polar surface area (TPSA) is 72.9 Å². The van der Waals surface area contributed by atoms with Crippen LogP contribution in [0, 0.1) is 11.8 Å². The van der Waals surface area contributed by atoms with Gasteiger partial charge in [0.05, 0.1) is 5.69 Å². The molecule has 0 aliphatic heterocycles. The fourth-order valence-corrected chi connectivity index (χ4v) is 2.77. The Bertz CT molecular complexity index is 433. The van der Waals surface area contributed by atoms with E-state index in [1.54, 1.807) is 17.9 Å². The molecule has 1 aliphatic rings. The molecular formula is C14H24N4O. The quantitative estimate of drug-likeness (QED) is 0.873. The molecule has 0 unspecified atom stereocenters. The average molecular weight is 264 g/mol. The van der Waals surface area contributed by atoms with Gasteiger partial charge in [-0.25, -0.2) is 0 Å². The fraction of sp³-hybridized carbons (Fsp3) is 0.714. The Labute approximate surface area is 114 Å². The van der Waals surface area contributed by atoms with Gasteiger partial charge in [-0.2, -0.15) is 5.10 Å². The first-order valence-electron chi connectivity index (χ1n) is 7.13. The zero-order chi connectivity index (χ0) is 13.8. The van der Waals surface area contributed by atoms with Gasteiger partial charge in [-0.05, 0) is 18.3 Å². The van der Waals surface area contributed by atoms with Crippen molar-refractivity contribution in [2.75, 3.05) is 12.3 Å². The molecule has 1 heterocycles. The standard InChI is InChI=1S/C14H24N4O/c1-10-3-5-11(6-4-10)7-8-16-14(19)13-12(15)9-18(2)17-13/h9-11H,3-8,15H2,1-2H3,(H,16,19). The number of carbonyl (C=O) groups excluding carboxylic acids is 1. The maximum atomic E-state index is 11.9. The van der Waals surface area contributed by atoms with Crippen LogP contribution in [-0.4, -0.2) is 22.2 Å². The van der Waals surface area contributed by atoms with Crippen LogP contribution in [0.1, 0.15) is 49.5 Å². The molecule has 0 aromatic carbocycles. The molecule has 0 radical (unpaired) electrons. The summed E-state index contributed by atoms with van der Waals surface area (Å²) in [5, 5.41) is 6.98. The zero-order valence-corrected chi connectivity index (χ0v) is 11.9. The third-order valence-electron chi connectivity index (χ3n) is 4.05. The van der Waals surface area contributed by atoms with E-state index in [-0.39, 0.29) is 5.91 Å². The van der Waals surface area contributed by atoms with Crippen molar-refractivity contribution >= 4 is 11.6 Å². The van der Waals surface area contributed by atoms with Crippen LogP contribution in [0.5, 0.6) is 0 Å². The Morgan fingerprint density at radius 3 is 2.74 bits per heavy atom. The summed E-state index contributed by atoms with van der Waals surface area (Å²) < 4.78 is 1.56. The first kappa shape index (κ1) is 13.9. The first-order valence-corrected chi connectivity index (χ1v) is 7.13. The van der Waals surface area contributed by atoms with E-state index in [0.29, 0.717) is 17.9 Å². The highest BCUT2D eigenvalue weighted by atomic mass is 16.1. The molecular weight excluding hydrogens is 240 g/mol. The van der Waals surface area contributed by atoms with Gasteiger partial charge in [0.25, 0.3) is 5.91 Å². The van der Waals surface area contributed by atoms with Crippen molar-refractivity contribution in [2.45, 2.75) is 39.0 Å². The highest BCUT2D eigenvalue weighted by Gasteiger charge is 2.19. The number of aromatic nitrogens is 2. The summed E-state index contributed by atoms with van der Waals surface area (Å²) in [6, 6.07) is 0. The molecule has 0 saturated heterocycles. The van der Waals surface area contributed by atoms with Crippen molar-refractivity contribution in [1.82, 2.24) is 15.1 Å². The summed E-state index contributed by atoms with van der Waals surface area (Å²) in [4.78, 5) is 11.9. The highest BCUT2D eigenvalue weighted by molar-refractivity contribution is 5.96. The number of amides is 1. The maximum absolute atomic E-state index is 11.9. The van der Waals surface area contributed by atoms with E-state index < -0.39 is 0 Å². The monoisotopic (exact) mass is 264 g/mol. The largest absolute Gasteiger partial charge is 0.396 e. The Kier molecular flexibility index (Phi) is 4.45. The first-order chi connectivity index (χ1) is 9.06. The van der Waals surface area contributed by atoms with Gasteiger partial charge in [0.1, 0.15) is 0 Å². The number of hydrogen-bond donors (Lipinski definition) is 2. The summed E-state index contributed by atoms with van der Waals surface area (Å²) in [7, 11) is 1.76. The van der Waals surface area contributed by atoms with Gasteiger partial charge in [0.15, 0.2) is 5.69 Å². The summed E-state index contributed by atoms with van der Waals surface area (Å²) in [6.07, 6.45) is 7.95. The third kappa shape index (κ3) is 3.72. The number of nitrogens with two attached hydrogens (primary N) is 1. The van der Waals surface area contributed by atoms with E-state index in [1.807, 2.05) is 0 Å². The molecule has 0 spiro atoms. The smallest absolute Gasteiger partial charge is 0.273 e. The lowest BCUT2D eigenvalue weighted by Gasteiger charge is -2.26. The Hall–Kier alpha value is -1.52. The van der Waals surface area contributed by atoms with Crippen molar-refractivity contribution in [2.24, 2.45) is 18.9 Å². The van der Waals surface area contributed by atoms with E-state index in [4.69, 9.17) is 5.73 Å². The van der Waals surface area contributed by atoms with Gasteiger partial charge in [-0.1, -0.05) is 32.6 Å². The molecule has 1 saturated carbocycles. The van der Waals surface area contributed by atoms with Crippen molar-refractivity contribution in [3.05, 3.63) is 11.9 Å². The van der Waals surface area contributed by atoms with Crippen LogP contribution in [0.15, 0.2) is 6.20 Å². The van der Waals surface area contributed by atoms with Crippen molar-refractivity contribution in [3.63, 3.8) is 0 Å². The molecule has 1 aromatic heterocycles. The number of nitrogens with zero attached hydrogens (tertiary/aromatic N) is 2. The van der Waals surface area contributed by atoms with E-state index >= 15 is 0 Å². The molecule has 3 N–H and O–H groups in total. The Balaban J connectivity index is 1.74. The number of aryl methyl sites for hydroxylation is 1. The summed E-state index contributed by atoms with van der Waals surface area (Å²) in [6.45, 7) is 3.04. The van der Waals surface area contributed by atoms with Crippen molar-refractivity contribution < 1.29 is 4.79 Å². The van der Waals surface area contributed by atoms with E-state index in [1.165, 1.54) is 25.7 Å². The number of nitrogen functional groups attached to an aromatic ring is 1. The lowest BCUT2D eigenvalue weighted by Crippen LogP contribution is -2.27. The normalized spacial score (nSPS) is 23.3. The number of carbonyl (C=O) groups is 1. The summed E-state index contributed by atoms with van der Waals surface area (Å²) in [5.74, 6) is 1.47. The second-order valence-corrected chi connectivity index (χ2v) is 5.78. The molecule has 0 atom stereocenters. The average Bonchev–Trinajstić information content (AvgIpc) is 2.71. The number of anilines is 1. The van der Waals surface area contributed by atoms with Crippen molar-refractivity contribution in [3.8, 4) is 0 Å².